The van der Waals surface area contributed by atoms with Gasteiger partial charge in [0, 0.05) is 41.8 Å². The minimum Gasteiger partial charge on any atom is -0.298 e. The Morgan fingerprint density at radius 2 is 1.06 bits per heavy atom. The molecule has 2 heterocycles. The highest BCUT2D eigenvalue weighted by Crippen LogP contribution is 2.37. The van der Waals surface area contributed by atoms with Crippen LogP contribution in [0, 0.1) is 0 Å². The number of hydrogen-bond donors (Lipinski definition) is 0. The summed E-state index contributed by atoms with van der Waals surface area (Å²) in [6, 6.07) is 12.3. The Hall–Kier alpha value is -2.04. The van der Waals surface area contributed by atoms with E-state index in [-0.39, 0.29) is 0 Å². The smallest absolute Gasteiger partial charge is 0.150 e. The van der Waals surface area contributed by atoms with E-state index >= 15 is 0 Å². The Balaban J connectivity index is 1.81. The maximum absolute atomic E-state index is 12.0. The molecule has 0 saturated carbocycles. The SMILES string of the molecule is CCCCCCc1ccc(-c2cc(C=O)c(-c3ccc(CCCCCC)s3)cc2C=O)s1. The van der Waals surface area contributed by atoms with Crippen LogP contribution in [0.4, 0.5) is 0 Å². The molecule has 0 atom stereocenters. The largest absolute Gasteiger partial charge is 0.298 e. The van der Waals surface area contributed by atoms with Gasteiger partial charge in [-0.05, 0) is 62.1 Å². The Labute approximate surface area is 200 Å². The molecule has 32 heavy (non-hydrogen) atoms. The second-order valence-corrected chi connectivity index (χ2v) is 10.8. The van der Waals surface area contributed by atoms with Crippen molar-refractivity contribution in [3.63, 3.8) is 0 Å². The van der Waals surface area contributed by atoms with Crippen LogP contribution in [0.3, 0.4) is 0 Å². The first-order valence-corrected chi connectivity index (χ1v) is 13.6. The van der Waals surface area contributed by atoms with Gasteiger partial charge >= 0.3 is 0 Å². The van der Waals surface area contributed by atoms with Gasteiger partial charge < -0.3 is 0 Å². The summed E-state index contributed by atoms with van der Waals surface area (Å²) in [4.78, 5) is 28.7. The minimum atomic E-state index is 0.655. The van der Waals surface area contributed by atoms with Gasteiger partial charge in [-0.1, -0.05) is 52.4 Å². The number of aryl methyl sites for hydroxylation is 2. The molecular weight excluding hydrogens is 432 g/mol. The van der Waals surface area contributed by atoms with Gasteiger partial charge in [-0.15, -0.1) is 22.7 Å². The molecule has 3 rings (SSSR count). The zero-order valence-electron chi connectivity index (χ0n) is 19.3. The normalized spacial score (nSPS) is 11.1. The lowest BCUT2D eigenvalue weighted by Crippen LogP contribution is -1.93. The van der Waals surface area contributed by atoms with Crippen LogP contribution >= 0.6 is 22.7 Å². The van der Waals surface area contributed by atoms with Crippen LogP contribution in [-0.4, -0.2) is 12.6 Å². The fourth-order valence-corrected chi connectivity index (χ4v) is 6.20. The second kappa shape index (κ2) is 12.9. The monoisotopic (exact) mass is 466 g/mol. The lowest BCUT2D eigenvalue weighted by atomic mass is 9.97. The molecule has 0 unspecified atom stereocenters. The van der Waals surface area contributed by atoms with Crippen molar-refractivity contribution >= 4 is 35.2 Å². The standard InChI is InChI=1S/C28H34O2S2/c1-3-5-7-9-11-23-13-15-27(31-23)25-17-22(20-30)26(18-21(25)19-29)28-16-14-24(32-28)12-10-8-6-4-2/h13-20H,3-12H2,1-2H3. The molecule has 0 saturated heterocycles. The number of carbonyl (C=O) groups excluding carboxylic acids is 2. The lowest BCUT2D eigenvalue weighted by molar-refractivity contribution is 0.111. The van der Waals surface area contributed by atoms with Crippen molar-refractivity contribution in [2.45, 2.75) is 78.1 Å². The van der Waals surface area contributed by atoms with Crippen molar-refractivity contribution < 1.29 is 9.59 Å². The number of benzene rings is 1. The highest BCUT2D eigenvalue weighted by molar-refractivity contribution is 7.16. The third-order valence-electron chi connectivity index (χ3n) is 5.88. The van der Waals surface area contributed by atoms with Crippen LogP contribution in [0.5, 0.6) is 0 Å². The summed E-state index contributed by atoms with van der Waals surface area (Å²) in [6.07, 6.45) is 14.0. The van der Waals surface area contributed by atoms with Crippen LogP contribution in [0.2, 0.25) is 0 Å². The van der Waals surface area contributed by atoms with Crippen LogP contribution in [0.25, 0.3) is 20.9 Å². The third kappa shape index (κ3) is 6.49. The fraction of sp³-hybridized carbons (Fsp3) is 0.429. The quantitative estimate of drug-likeness (QED) is 0.175. The summed E-state index contributed by atoms with van der Waals surface area (Å²) < 4.78 is 0. The molecule has 0 amide bonds. The van der Waals surface area contributed by atoms with Crippen molar-refractivity contribution in [1.82, 2.24) is 0 Å². The Kier molecular flexibility index (Phi) is 9.89. The lowest BCUT2D eigenvalue weighted by Gasteiger charge is -2.09. The van der Waals surface area contributed by atoms with Gasteiger partial charge in [-0.2, -0.15) is 0 Å². The van der Waals surface area contributed by atoms with Crippen LogP contribution in [0.1, 0.15) is 95.7 Å². The summed E-state index contributed by atoms with van der Waals surface area (Å²) in [7, 11) is 0. The number of rotatable bonds is 14. The zero-order chi connectivity index (χ0) is 22.8. The topological polar surface area (TPSA) is 34.1 Å². The second-order valence-electron chi connectivity index (χ2n) is 8.42. The van der Waals surface area contributed by atoms with E-state index in [2.05, 4.69) is 38.1 Å². The zero-order valence-corrected chi connectivity index (χ0v) is 21.0. The Bertz CT molecular complexity index is 930. The molecule has 0 bridgehead atoms. The number of thiophene rings is 2. The molecule has 0 spiro atoms. The molecule has 2 aromatic heterocycles. The predicted octanol–water partition coefficient (Wildman–Crippen LogP) is 9.01. The molecule has 0 aliphatic rings. The minimum absolute atomic E-state index is 0.655. The first kappa shape index (κ1) is 24.6. The van der Waals surface area contributed by atoms with E-state index < -0.39 is 0 Å². The van der Waals surface area contributed by atoms with Crippen molar-refractivity contribution in [3.05, 3.63) is 57.3 Å². The van der Waals surface area contributed by atoms with E-state index in [4.69, 9.17) is 0 Å². The molecule has 4 heteroatoms. The molecule has 0 aliphatic carbocycles. The third-order valence-corrected chi connectivity index (χ3v) is 8.24. The molecular formula is C28H34O2S2. The number of unbranched alkanes of at least 4 members (excludes halogenated alkanes) is 6. The van der Waals surface area contributed by atoms with Gasteiger partial charge in [0.15, 0.2) is 12.6 Å². The van der Waals surface area contributed by atoms with E-state index in [0.717, 1.165) is 46.3 Å². The summed E-state index contributed by atoms with van der Waals surface area (Å²) >= 11 is 3.48. The average molecular weight is 467 g/mol. The van der Waals surface area contributed by atoms with Gasteiger partial charge in [0.05, 0.1) is 0 Å². The Morgan fingerprint density at radius 1 is 0.625 bits per heavy atom. The molecule has 3 aromatic rings. The number of aldehydes is 2. The highest BCUT2D eigenvalue weighted by Gasteiger charge is 2.15. The maximum Gasteiger partial charge on any atom is 0.150 e. The van der Waals surface area contributed by atoms with E-state index in [0.29, 0.717) is 11.1 Å². The average Bonchev–Trinajstić information content (AvgIpc) is 3.48. The van der Waals surface area contributed by atoms with E-state index in [1.54, 1.807) is 22.7 Å². The van der Waals surface area contributed by atoms with Crippen LogP contribution in [-0.2, 0) is 12.8 Å². The highest BCUT2D eigenvalue weighted by atomic mass is 32.1. The van der Waals surface area contributed by atoms with Gasteiger partial charge in [0.2, 0.25) is 0 Å². The van der Waals surface area contributed by atoms with E-state index in [9.17, 15) is 9.59 Å². The fourth-order valence-electron chi connectivity index (χ4n) is 4.02. The van der Waals surface area contributed by atoms with E-state index in [1.807, 2.05) is 12.1 Å². The summed E-state index contributed by atoms with van der Waals surface area (Å²) in [5.41, 5.74) is 3.05. The first-order valence-electron chi connectivity index (χ1n) is 12.0. The van der Waals surface area contributed by atoms with E-state index in [1.165, 1.54) is 61.1 Å². The summed E-state index contributed by atoms with van der Waals surface area (Å²) in [5, 5.41) is 0. The number of hydrogen-bond acceptors (Lipinski definition) is 4. The molecule has 0 aliphatic heterocycles. The van der Waals surface area contributed by atoms with Gasteiger partial charge in [0.25, 0.3) is 0 Å². The molecule has 0 N–H and O–H groups in total. The van der Waals surface area contributed by atoms with Crippen molar-refractivity contribution in [2.75, 3.05) is 0 Å². The van der Waals surface area contributed by atoms with Crippen LogP contribution in [0.15, 0.2) is 36.4 Å². The van der Waals surface area contributed by atoms with Gasteiger partial charge in [-0.3, -0.25) is 9.59 Å². The molecule has 170 valence electrons. The van der Waals surface area contributed by atoms with Gasteiger partial charge in [-0.25, -0.2) is 0 Å². The van der Waals surface area contributed by atoms with Crippen LogP contribution < -0.4 is 0 Å². The Morgan fingerprint density at radius 3 is 1.44 bits per heavy atom. The van der Waals surface area contributed by atoms with Crippen molar-refractivity contribution in [1.29, 1.82) is 0 Å². The molecule has 1 aromatic carbocycles. The van der Waals surface area contributed by atoms with Crippen molar-refractivity contribution in [3.8, 4) is 20.9 Å². The van der Waals surface area contributed by atoms with Crippen molar-refractivity contribution in [2.24, 2.45) is 0 Å². The predicted molar refractivity (Wildman–Crippen MR) is 140 cm³/mol. The maximum atomic E-state index is 12.0. The molecule has 2 nitrogen and oxygen atoms in total. The molecule has 0 fully saturated rings. The first-order chi connectivity index (χ1) is 15.7. The molecule has 0 radical (unpaired) electrons. The van der Waals surface area contributed by atoms with Gasteiger partial charge in [0.1, 0.15) is 0 Å². The summed E-state index contributed by atoms with van der Waals surface area (Å²) in [5.74, 6) is 0. The summed E-state index contributed by atoms with van der Waals surface area (Å²) in [6.45, 7) is 4.45. The number of carbonyl (C=O) groups is 2.